The zero-order chi connectivity index (χ0) is 11.4. The Labute approximate surface area is 99.3 Å². The van der Waals surface area contributed by atoms with Gasteiger partial charge in [0.25, 0.3) is 0 Å². The van der Waals surface area contributed by atoms with E-state index < -0.39 is 0 Å². The lowest BCUT2D eigenvalue weighted by molar-refractivity contribution is 0.0982. The molecule has 0 aliphatic heterocycles. The number of hydrogen-bond donors (Lipinski definition) is 1. The van der Waals surface area contributed by atoms with Crippen LogP contribution >= 0.6 is 11.3 Å². The third-order valence-corrected chi connectivity index (χ3v) is 3.57. The molecule has 0 spiro atoms. The first-order valence-electron chi connectivity index (χ1n) is 5.47. The van der Waals surface area contributed by atoms with Crippen LogP contribution in [-0.2, 0) is 0 Å². The van der Waals surface area contributed by atoms with Gasteiger partial charge in [-0.25, -0.2) is 0 Å². The highest BCUT2D eigenvalue weighted by molar-refractivity contribution is 7.17. The maximum atomic E-state index is 12.0. The highest BCUT2D eigenvalue weighted by atomic mass is 32.1. The molecule has 1 N–H and O–H groups in total. The molecular formula is C13H15NOS. The minimum atomic E-state index is 0.253. The number of rotatable bonds is 5. The molecule has 0 bridgehead atoms. The van der Waals surface area contributed by atoms with E-state index in [1.54, 1.807) is 11.3 Å². The molecule has 84 valence electrons. The molecule has 2 nitrogen and oxygen atoms in total. The number of carbonyl (C=O) groups excluding carboxylic acids is 1. The fraction of sp³-hybridized carbons (Fsp3) is 0.308. The van der Waals surface area contributed by atoms with Gasteiger partial charge < -0.3 is 5.32 Å². The number of fused-ring (bicyclic) bond motifs is 1. The van der Waals surface area contributed by atoms with Crippen molar-refractivity contribution in [1.82, 2.24) is 5.32 Å². The average molecular weight is 233 g/mol. The van der Waals surface area contributed by atoms with Crippen LogP contribution in [-0.4, -0.2) is 19.4 Å². The summed E-state index contributed by atoms with van der Waals surface area (Å²) in [6.07, 6.45) is 1.52. The summed E-state index contributed by atoms with van der Waals surface area (Å²) in [7, 11) is 1.91. The van der Waals surface area contributed by atoms with Gasteiger partial charge in [0.2, 0.25) is 0 Å². The van der Waals surface area contributed by atoms with Gasteiger partial charge in [0.05, 0.1) is 0 Å². The van der Waals surface area contributed by atoms with Crippen molar-refractivity contribution >= 4 is 27.2 Å². The van der Waals surface area contributed by atoms with E-state index in [2.05, 4.69) is 17.4 Å². The van der Waals surface area contributed by atoms with Crippen molar-refractivity contribution in [2.45, 2.75) is 12.8 Å². The predicted octanol–water partition coefficient (Wildman–Crippen LogP) is 3.08. The van der Waals surface area contributed by atoms with Crippen LogP contribution in [0.4, 0.5) is 0 Å². The molecule has 0 amide bonds. The van der Waals surface area contributed by atoms with E-state index in [9.17, 15) is 4.79 Å². The van der Waals surface area contributed by atoms with Gasteiger partial charge in [0, 0.05) is 16.7 Å². The van der Waals surface area contributed by atoms with Gasteiger partial charge in [-0.3, -0.25) is 4.79 Å². The standard InChI is InChI=1S/C13H15NOS/c1-14-8-3-6-12(15)11-5-2-4-10-7-9-16-13(10)11/h2,4-5,7,9,14H,3,6,8H2,1H3. The minimum absolute atomic E-state index is 0.253. The van der Waals surface area contributed by atoms with Gasteiger partial charge in [-0.2, -0.15) is 0 Å². The molecule has 0 atom stereocenters. The van der Waals surface area contributed by atoms with Crippen molar-refractivity contribution in [2.75, 3.05) is 13.6 Å². The number of hydrogen-bond acceptors (Lipinski definition) is 3. The molecule has 0 saturated heterocycles. The summed E-state index contributed by atoms with van der Waals surface area (Å²) in [5.74, 6) is 0.253. The van der Waals surface area contributed by atoms with Gasteiger partial charge in [-0.05, 0) is 42.9 Å². The van der Waals surface area contributed by atoms with Crippen molar-refractivity contribution in [3.63, 3.8) is 0 Å². The van der Waals surface area contributed by atoms with Crippen LogP contribution in [0, 0.1) is 0 Å². The molecule has 1 aromatic carbocycles. The van der Waals surface area contributed by atoms with Crippen molar-refractivity contribution in [3.05, 3.63) is 35.2 Å². The lowest BCUT2D eigenvalue weighted by atomic mass is 10.1. The van der Waals surface area contributed by atoms with E-state index in [0.29, 0.717) is 6.42 Å². The fourth-order valence-corrected chi connectivity index (χ4v) is 2.70. The maximum Gasteiger partial charge on any atom is 0.164 e. The van der Waals surface area contributed by atoms with E-state index >= 15 is 0 Å². The lowest BCUT2D eigenvalue weighted by Crippen LogP contribution is -2.10. The Balaban J connectivity index is 2.19. The van der Waals surface area contributed by atoms with Crippen LogP contribution in [0.2, 0.25) is 0 Å². The summed E-state index contributed by atoms with van der Waals surface area (Å²) in [6.45, 7) is 0.895. The number of Topliss-reactive ketones (excluding diaryl/α,β-unsaturated/α-hetero) is 1. The summed E-state index contributed by atoms with van der Waals surface area (Å²) in [4.78, 5) is 12.0. The van der Waals surface area contributed by atoms with Crippen LogP contribution in [0.25, 0.3) is 10.1 Å². The Hall–Kier alpha value is -1.19. The molecule has 1 aromatic heterocycles. The Morgan fingerprint density at radius 1 is 1.38 bits per heavy atom. The molecule has 2 aromatic rings. The SMILES string of the molecule is CNCCCC(=O)c1cccc2ccsc12. The van der Waals surface area contributed by atoms with Crippen molar-refractivity contribution in [2.24, 2.45) is 0 Å². The summed E-state index contributed by atoms with van der Waals surface area (Å²) < 4.78 is 1.12. The van der Waals surface area contributed by atoms with E-state index in [0.717, 1.165) is 23.2 Å². The zero-order valence-corrected chi connectivity index (χ0v) is 10.1. The number of ketones is 1. The second-order valence-corrected chi connectivity index (χ2v) is 4.69. The van der Waals surface area contributed by atoms with Crippen molar-refractivity contribution in [1.29, 1.82) is 0 Å². The van der Waals surface area contributed by atoms with Gasteiger partial charge in [0.15, 0.2) is 5.78 Å². The molecule has 0 radical (unpaired) electrons. The second kappa shape index (κ2) is 5.23. The van der Waals surface area contributed by atoms with Gasteiger partial charge in [-0.15, -0.1) is 11.3 Å². The van der Waals surface area contributed by atoms with Crippen LogP contribution in [0.1, 0.15) is 23.2 Å². The third kappa shape index (κ3) is 2.31. The highest BCUT2D eigenvalue weighted by Crippen LogP contribution is 2.25. The first kappa shape index (κ1) is 11.3. The van der Waals surface area contributed by atoms with Crippen molar-refractivity contribution < 1.29 is 4.79 Å². The summed E-state index contributed by atoms with van der Waals surface area (Å²) >= 11 is 1.65. The monoisotopic (exact) mass is 233 g/mol. The average Bonchev–Trinajstić information content (AvgIpc) is 2.76. The second-order valence-electron chi connectivity index (χ2n) is 3.77. The largest absolute Gasteiger partial charge is 0.320 e. The zero-order valence-electron chi connectivity index (χ0n) is 9.32. The molecule has 0 aliphatic rings. The van der Waals surface area contributed by atoms with Crippen LogP contribution in [0.15, 0.2) is 29.6 Å². The van der Waals surface area contributed by atoms with Crippen LogP contribution < -0.4 is 5.32 Å². The topological polar surface area (TPSA) is 29.1 Å². The van der Waals surface area contributed by atoms with Gasteiger partial charge in [-0.1, -0.05) is 12.1 Å². The van der Waals surface area contributed by atoms with Crippen molar-refractivity contribution in [3.8, 4) is 0 Å². The van der Waals surface area contributed by atoms with E-state index in [-0.39, 0.29) is 5.78 Å². The highest BCUT2D eigenvalue weighted by Gasteiger charge is 2.09. The first-order chi connectivity index (χ1) is 7.83. The quantitative estimate of drug-likeness (QED) is 0.635. The smallest absolute Gasteiger partial charge is 0.164 e. The van der Waals surface area contributed by atoms with Gasteiger partial charge in [0.1, 0.15) is 0 Å². The molecule has 0 fully saturated rings. The molecule has 16 heavy (non-hydrogen) atoms. The number of thiophene rings is 1. The van der Waals surface area contributed by atoms with Gasteiger partial charge >= 0.3 is 0 Å². The Kier molecular flexibility index (Phi) is 3.70. The molecule has 2 rings (SSSR count). The molecule has 1 heterocycles. The summed E-state index contributed by atoms with van der Waals surface area (Å²) in [6, 6.07) is 8.00. The summed E-state index contributed by atoms with van der Waals surface area (Å²) in [5, 5.41) is 6.26. The van der Waals surface area contributed by atoms with Crippen LogP contribution in [0.3, 0.4) is 0 Å². The predicted molar refractivity (Wildman–Crippen MR) is 69.3 cm³/mol. The number of nitrogens with one attached hydrogen (secondary N) is 1. The molecule has 0 saturated carbocycles. The van der Waals surface area contributed by atoms with E-state index in [1.165, 1.54) is 5.39 Å². The molecule has 3 heteroatoms. The molecule has 0 aliphatic carbocycles. The van der Waals surface area contributed by atoms with Crippen LogP contribution in [0.5, 0.6) is 0 Å². The lowest BCUT2D eigenvalue weighted by Gasteiger charge is -2.02. The Bertz CT molecular complexity index is 489. The Morgan fingerprint density at radius 2 is 2.25 bits per heavy atom. The minimum Gasteiger partial charge on any atom is -0.320 e. The fourth-order valence-electron chi connectivity index (χ4n) is 1.77. The molecule has 0 unspecified atom stereocenters. The number of benzene rings is 1. The van der Waals surface area contributed by atoms with E-state index in [1.807, 2.05) is 24.6 Å². The first-order valence-corrected chi connectivity index (χ1v) is 6.35. The Morgan fingerprint density at radius 3 is 3.06 bits per heavy atom. The molecular weight excluding hydrogens is 218 g/mol. The maximum absolute atomic E-state index is 12.0. The summed E-state index contributed by atoms with van der Waals surface area (Å²) in [5.41, 5.74) is 0.878. The normalized spacial score (nSPS) is 10.8. The number of carbonyl (C=O) groups is 1. The van der Waals surface area contributed by atoms with E-state index in [4.69, 9.17) is 0 Å². The third-order valence-electron chi connectivity index (χ3n) is 2.61.